The second kappa shape index (κ2) is 7.16. The minimum absolute atomic E-state index is 0.332. The molecule has 1 aliphatic rings. The number of likely N-dealkylation sites (tertiary alicyclic amines) is 1. The highest BCUT2D eigenvalue weighted by atomic mass is 127. The van der Waals surface area contributed by atoms with Crippen molar-refractivity contribution in [3.05, 3.63) is 46.8 Å². The van der Waals surface area contributed by atoms with Crippen LogP contribution in [0.25, 0.3) is 11.0 Å². The van der Waals surface area contributed by atoms with Crippen molar-refractivity contribution in [2.75, 3.05) is 18.8 Å². The molecule has 1 atom stereocenters. The van der Waals surface area contributed by atoms with Crippen LogP contribution in [0.4, 0.5) is 5.82 Å². The van der Waals surface area contributed by atoms with Gasteiger partial charge < -0.3 is 5.73 Å². The maximum atomic E-state index is 5.98. The Morgan fingerprint density at radius 1 is 1.16 bits per heavy atom. The predicted octanol–water partition coefficient (Wildman–Crippen LogP) is 3.94. The van der Waals surface area contributed by atoms with Gasteiger partial charge in [-0.25, -0.2) is 14.6 Å². The van der Waals surface area contributed by atoms with Crippen LogP contribution in [0.15, 0.2) is 41.3 Å². The van der Waals surface area contributed by atoms with E-state index in [0.717, 1.165) is 41.6 Å². The van der Waals surface area contributed by atoms with E-state index in [9.17, 15) is 0 Å². The second-order valence-electron chi connectivity index (χ2n) is 6.21. The van der Waals surface area contributed by atoms with E-state index >= 15 is 0 Å². The number of aromatic nitrogens is 4. The van der Waals surface area contributed by atoms with Gasteiger partial charge in [-0.15, -0.1) is 0 Å². The fraction of sp³-hybridized carbons (Fsp3) is 0.353. The molecular formula is C17H18BrIN6. The molecule has 0 radical (unpaired) electrons. The third-order valence-corrected chi connectivity index (χ3v) is 6.78. The van der Waals surface area contributed by atoms with E-state index in [-0.39, 0.29) is 0 Å². The van der Waals surface area contributed by atoms with Crippen LogP contribution < -0.4 is 5.73 Å². The Hall–Kier alpha value is -1.26. The quantitative estimate of drug-likeness (QED) is 0.327. The number of hydrogen-bond donors (Lipinski definition) is 1. The van der Waals surface area contributed by atoms with Gasteiger partial charge in [-0.3, -0.25) is 4.90 Å². The van der Waals surface area contributed by atoms with Crippen molar-refractivity contribution in [2.45, 2.75) is 22.9 Å². The zero-order valence-electron chi connectivity index (χ0n) is 13.5. The summed E-state index contributed by atoms with van der Waals surface area (Å²) in [7, 11) is 0. The van der Waals surface area contributed by atoms with Crippen molar-refractivity contribution in [3.63, 3.8) is 0 Å². The average Bonchev–Trinajstić information content (AvgIpc) is 3.00. The summed E-state index contributed by atoms with van der Waals surface area (Å²) < 4.78 is 3.14. The molecule has 4 rings (SSSR count). The highest BCUT2D eigenvalue weighted by Crippen LogP contribution is 2.35. The van der Waals surface area contributed by atoms with Crippen molar-refractivity contribution in [3.8, 4) is 0 Å². The Labute approximate surface area is 168 Å². The number of halogens is 2. The Bertz CT molecular complexity index is 875. The molecule has 1 aliphatic heterocycles. The van der Waals surface area contributed by atoms with Crippen LogP contribution in [-0.2, 0) is 0 Å². The number of alkyl halides is 1. The average molecular weight is 513 g/mol. The Morgan fingerprint density at radius 2 is 1.88 bits per heavy atom. The molecular weight excluding hydrogens is 495 g/mol. The summed E-state index contributed by atoms with van der Waals surface area (Å²) in [6.07, 6.45) is 3.59. The largest absolute Gasteiger partial charge is 0.383 e. The van der Waals surface area contributed by atoms with Crippen LogP contribution in [0.2, 0.25) is 0 Å². The maximum Gasteiger partial charge on any atom is 0.164 e. The summed E-state index contributed by atoms with van der Waals surface area (Å²) in [6.45, 7) is 2.07. The van der Waals surface area contributed by atoms with Gasteiger partial charge in [0.1, 0.15) is 16.7 Å². The van der Waals surface area contributed by atoms with Crippen LogP contribution in [0.3, 0.4) is 0 Å². The summed E-state index contributed by atoms with van der Waals surface area (Å²) in [5.74, 6) is 0.469. The van der Waals surface area contributed by atoms with E-state index in [1.165, 1.54) is 11.9 Å². The number of piperidine rings is 1. The highest BCUT2D eigenvalue weighted by molar-refractivity contribution is 14.1. The molecule has 1 aromatic carbocycles. The first-order valence-electron chi connectivity index (χ1n) is 8.22. The molecule has 0 amide bonds. The molecule has 6 nitrogen and oxygen atoms in total. The first kappa shape index (κ1) is 17.2. The van der Waals surface area contributed by atoms with Crippen LogP contribution in [0, 0.1) is 0 Å². The predicted molar refractivity (Wildman–Crippen MR) is 110 cm³/mol. The summed E-state index contributed by atoms with van der Waals surface area (Å²) in [5.41, 5.74) is 8.15. The summed E-state index contributed by atoms with van der Waals surface area (Å²) in [4.78, 5) is 11.0. The highest BCUT2D eigenvalue weighted by Gasteiger charge is 2.28. The molecule has 8 heteroatoms. The lowest BCUT2D eigenvalue weighted by atomic mass is 10.0. The molecule has 0 aliphatic carbocycles. The van der Waals surface area contributed by atoms with Gasteiger partial charge >= 0.3 is 0 Å². The molecule has 2 N–H and O–H groups in total. The number of hydrogen-bond acceptors (Lipinski definition) is 5. The molecule has 3 aromatic rings. The van der Waals surface area contributed by atoms with Gasteiger partial charge in [-0.1, -0.05) is 52.9 Å². The van der Waals surface area contributed by atoms with E-state index in [0.29, 0.717) is 15.9 Å². The van der Waals surface area contributed by atoms with Crippen molar-refractivity contribution in [1.29, 1.82) is 0 Å². The van der Waals surface area contributed by atoms with Gasteiger partial charge in [0.05, 0.1) is 15.5 Å². The molecule has 3 heterocycles. The third kappa shape index (κ3) is 3.26. The Balaban J connectivity index is 1.52. The number of fused-ring (bicyclic) bond motifs is 1. The SMILES string of the molecule is Nc1ncnc2c1c(Br)nn2C1CCN(C(I)c2ccccc2)CC1. The van der Waals surface area contributed by atoms with Crippen molar-refractivity contribution < 1.29 is 0 Å². The minimum atomic E-state index is 0.332. The molecule has 1 unspecified atom stereocenters. The van der Waals surface area contributed by atoms with Gasteiger partial charge in [-0.2, -0.15) is 5.10 Å². The molecule has 1 saturated heterocycles. The smallest absolute Gasteiger partial charge is 0.164 e. The van der Waals surface area contributed by atoms with Gasteiger partial charge in [0.25, 0.3) is 0 Å². The number of nitrogens with zero attached hydrogens (tertiary/aromatic N) is 5. The molecule has 130 valence electrons. The fourth-order valence-corrected chi connectivity index (χ4v) is 4.91. The second-order valence-corrected chi connectivity index (χ2v) is 8.14. The maximum absolute atomic E-state index is 5.98. The molecule has 0 spiro atoms. The standard InChI is InChI=1S/C17H18BrIN6/c18-14-13-16(20)21-10-22-17(13)25(23-14)12-6-8-24(9-7-12)15(19)11-4-2-1-3-5-11/h1-5,10,12,15H,6-9H2,(H2,20,21,22). The van der Waals surface area contributed by atoms with Crippen molar-refractivity contribution >= 4 is 55.4 Å². The van der Waals surface area contributed by atoms with E-state index in [1.807, 2.05) is 4.68 Å². The lowest BCUT2D eigenvalue weighted by Crippen LogP contribution is -2.35. The van der Waals surface area contributed by atoms with E-state index < -0.39 is 0 Å². The number of anilines is 1. The topological polar surface area (TPSA) is 72.9 Å². The molecule has 2 aromatic heterocycles. The van der Waals surface area contributed by atoms with Crippen LogP contribution in [-0.4, -0.2) is 37.7 Å². The van der Waals surface area contributed by atoms with Crippen LogP contribution in [0.5, 0.6) is 0 Å². The minimum Gasteiger partial charge on any atom is -0.383 e. The van der Waals surface area contributed by atoms with Gasteiger partial charge in [-0.05, 0) is 34.3 Å². The summed E-state index contributed by atoms with van der Waals surface area (Å²) in [6, 6.07) is 11.0. The van der Waals surface area contributed by atoms with Crippen molar-refractivity contribution in [2.24, 2.45) is 0 Å². The number of nitrogen functional groups attached to an aromatic ring is 1. The Kier molecular flexibility index (Phi) is 4.92. The molecule has 0 bridgehead atoms. The monoisotopic (exact) mass is 512 g/mol. The van der Waals surface area contributed by atoms with E-state index in [2.05, 4.69) is 88.8 Å². The number of rotatable bonds is 3. The van der Waals surface area contributed by atoms with Gasteiger partial charge in [0, 0.05) is 13.1 Å². The summed E-state index contributed by atoms with van der Waals surface area (Å²) in [5, 5.41) is 5.44. The van der Waals surface area contributed by atoms with Gasteiger partial charge in [0.15, 0.2) is 5.65 Å². The van der Waals surface area contributed by atoms with Gasteiger partial charge in [0.2, 0.25) is 0 Å². The first-order valence-corrected chi connectivity index (χ1v) is 10.3. The van der Waals surface area contributed by atoms with E-state index in [1.54, 1.807) is 0 Å². The van der Waals surface area contributed by atoms with Crippen LogP contribution in [0.1, 0.15) is 28.5 Å². The number of benzene rings is 1. The molecule has 1 fully saturated rings. The third-order valence-electron chi connectivity index (χ3n) is 4.72. The molecule has 0 saturated carbocycles. The zero-order valence-corrected chi connectivity index (χ0v) is 17.3. The van der Waals surface area contributed by atoms with E-state index in [4.69, 9.17) is 5.73 Å². The Morgan fingerprint density at radius 3 is 2.60 bits per heavy atom. The van der Waals surface area contributed by atoms with Crippen molar-refractivity contribution in [1.82, 2.24) is 24.6 Å². The summed E-state index contributed by atoms with van der Waals surface area (Å²) >= 11 is 6.03. The number of nitrogens with two attached hydrogens (primary N) is 1. The fourth-order valence-electron chi connectivity index (χ4n) is 3.39. The lowest BCUT2D eigenvalue weighted by molar-refractivity contribution is 0.177. The first-order chi connectivity index (χ1) is 12.1. The van der Waals surface area contributed by atoms with Crippen LogP contribution >= 0.6 is 38.5 Å². The normalized spacial score (nSPS) is 17.8. The lowest BCUT2D eigenvalue weighted by Gasteiger charge is -2.35. The zero-order chi connectivity index (χ0) is 17.4. The molecule has 25 heavy (non-hydrogen) atoms.